The quantitative estimate of drug-likeness (QED) is 0.667. The van der Waals surface area contributed by atoms with Gasteiger partial charge in [0.2, 0.25) is 0 Å². The van der Waals surface area contributed by atoms with Gasteiger partial charge in [-0.25, -0.2) is 0 Å². The first-order valence-corrected chi connectivity index (χ1v) is 6.58. The molecule has 1 aromatic rings. The predicted molar refractivity (Wildman–Crippen MR) is 70.5 cm³/mol. The third-order valence-corrected chi connectivity index (χ3v) is 2.78. The van der Waals surface area contributed by atoms with E-state index in [0.717, 1.165) is 19.0 Å². The molecular formula is C14H26N2. The molecule has 0 saturated carbocycles. The zero-order chi connectivity index (χ0) is 11.8. The monoisotopic (exact) mass is 222 g/mol. The summed E-state index contributed by atoms with van der Waals surface area (Å²) in [5.41, 5.74) is 1.41. The van der Waals surface area contributed by atoms with Crippen molar-refractivity contribution in [1.82, 2.24) is 9.88 Å². The number of hydrogen-bond acceptors (Lipinski definition) is 1. The van der Waals surface area contributed by atoms with Crippen LogP contribution in [0.4, 0.5) is 0 Å². The van der Waals surface area contributed by atoms with E-state index < -0.39 is 0 Å². The van der Waals surface area contributed by atoms with Crippen LogP contribution in [0.25, 0.3) is 0 Å². The highest BCUT2D eigenvalue weighted by Crippen LogP contribution is 2.06. The standard InChI is InChI=1S/C14H26N2/c1-4-5-6-9-16-10-7-8-14(16)12-15-11-13(2)3/h7-8,10,13,15H,4-6,9,11-12H2,1-3H3. The topological polar surface area (TPSA) is 17.0 Å². The molecule has 2 heteroatoms. The van der Waals surface area contributed by atoms with Gasteiger partial charge in [-0.05, 0) is 31.0 Å². The second-order valence-corrected chi connectivity index (χ2v) is 4.92. The lowest BCUT2D eigenvalue weighted by atomic mass is 10.2. The molecule has 2 nitrogen and oxygen atoms in total. The van der Waals surface area contributed by atoms with Crippen molar-refractivity contribution in [3.63, 3.8) is 0 Å². The van der Waals surface area contributed by atoms with Crippen molar-refractivity contribution in [1.29, 1.82) is 0 Å². The first kappa shape index (κ1) is 13.3. The van der Waals surface area contributed by atoms with Crippen LogP contribution in [0.15, 0.2) is 18.3 Å². The van der Waals surface area contributed by atoms with Crippen LogP contribution in [0.1, 0.15) is 45.7 Å². The largest absolute Gasteiger partial charge is 0.350 e. The predicted octanol–water partition coefficient (Wildman–Crippen LogP) is 3.42. The molecule has 0 aliphatic rings. The number of nitrogens with zero attached hydrogens (tertiary/aromatic N) is 1. The van der Waals surface area contributed by atoms with Crippen molar-refractivity contribution in [2.75, 3.05) is 6.54 Å². The summed E-state index contributed by atoms with van der Waals surface area (Å²) in [6.07, 6.45) is 6.11. The minimum absolute atomic E-state index is 0.725. The SMILES string of the molecule is CCCCCn1cccc1CNCC(C)C. The third kappa shape index (κ3) is 4.84. The van der Waals surface area contributed by atoms with Gasteiger partial charge in [-0.15, -0.1) is 0 Å². The van der Waals surface area contributed by atoms with Gasteiger partial charge in [-0.2, -0.15) is 0 Å². The zero-order valence-electron chi connectivity index (χ0n) is 11.0. The summed E-state index contributed by atoms with van der Waals surface area (Å²) in [5.74, 6) is 0.725. The summed E-state index contributed by atoms with van der Waals surface area (Å²) in [6.45, 7) is 10.00. The maximum Gasteiger partial charge on any atom is 0.0359 e. The molecular weight excluding hydrogens is 196 g/mol. The number of nitrogens with one attached hydrogen (secondary N) is 1. The summed E-state index contributed by atoms with van der Waals surface area (Å²) < 4.78 is 2.38. The molecule has 1 aromatic heterocycles. The van der Waals surface area contributed by atoms with Gasteiger partial charge in [0.1, 0.15) is 0 Å². The van der Waals surface area contributed by atoms with E-state index in [0.29, 0.717) is 0 Å². The lowest BCUT2D eigenvalue weighted by Crippen LogP contribution is -2.20. The molecule has 0 fully saturated rings. The molecule has 92 valence electrons. The normalized spacial score (nSPS) is 11.2. The maximum absolute atomic E-state index is 3.50. The summed E-state index contributed by atoms with van der Waals surface area (Å²) in [5, 5.41) is 3.50. The van der Waals surface area contributed by atoms with E-state index in [1.165, 1.54) is 31.5 Å². The van der Waals surface area contributed by atoms with Crippen molar-refractivity contribution in [2.24, 2.45) is 5.92 Å². The Bertz CT molecular complexity index is 276. The fourth-order valence-corrected chi connectivity index (χ4v) is 1.85. The van der Waals surface area contributed by atoms with E-state index >= 15 is 0 Å². The summed E-state index contributed by atoms with van der Waals surface area (Å²) in [7, 11) is 0. The Morgan fingerprint density at radius 1 is 1.31 bits per heavy atom. The highest BCUT2D eigenvalue weighted by atomic mass is 15.0. The molecule has 0 spiro atoms. The van der Waals surface area contributed by atoms with Gasteiger partial charge in [-0.1, -0.05) is 33.6 Å². The van der Waals surface area contributed by atoms with Crippen molar-refractivity contribution in [3.8, 4) is 0 Å². The molecule has 0 amide bonds. The van der Waals surface area contributed by atoms with Crippen LogP contribution < -0.4 is 5.32 Å². The molecule has 1 N–H and O–H groups in total. The van der Waals surface area contributed by atoms with E-state index in [1.807, 2.05) is 0 Å². The van der Waals surface area contributed by atoms with Gasteiger partial charge in [0.05, 0.1) is 0 Å². The Morgan fingerprint density at radius 2 is 2.12 bits per heavy atom. The first-order valence-electron chi connectivity index (χ1n) is 6.58. The molecule has 0 atom stereocenters. The Labute approximate surface area is 100 Å². The van der Waals surface area contributed by atoms with E-state index in [4.69, 9.17) is 0 Å². The van der Waals surface area contributed by atoms with Crippen molar-refractivity contribution in [2.45, 2.75) is 53.1 Å². The molecule has 0 aromatic carbocycles. The molecule has 0 unspecified atom stereocenters. The lowest BCUT2D eigenvalue weighted by Gasteiger charge is -2.11. The minimum atomic E-state index is 0.725. The Morgan fingerprint density at radius 3 is 2.81 bits per heavy atom. The molecule has 16 heavy (non-hydrogen) atoms. The average molecular weight is 222 g/mol. The summed E-state index contributed by atoms with van der Waals surface area (Å²) in [6, 6.07) is 4.37. The number of aryl methyl sites for hydroxylation is 1. The number of aromatic nitrogens is 1. The van der Waals surface area contributed by atoms with Gasteiger partial charge >= 0.3 is 0 Å². The van der Waals surface area contributed by atoms with Crippen molar-refractivity contribution >= 4 is 0 Å². The second kappa shape index (κ2) is 7.50. The Kier molecular flexibility index (Phi) is 6.24. The fourth-order valence-electron chi connectivity index (χ4n) is 1.85. The van der Waals surface area contributed by atoms with Crippen LogP contribution in [-0.2, 0) is 13.1 Å². The third-order valence-electron chi connectivity index (χ3n) is 2.78. The van der Waals surface area contributed by atoms with Crippen LogP contribution >= 0.6 is 0 Å². The van der Waals surface area contributed by atoms with Crippen LogP contribution in [0.3, 0.4) is 0 Å². The highest BCUT2D eigenvalue weighted by molar-refractivity contribution is 5.06. The summed E-state index contributed by atoms with van der Waals surface area (Å²) >= 11 is 0. The Hall–Kier alpha value is -0.760. The number of hydrogen-bond donors (Lipinski definition) is 1. The van der Waals surface area contributed by atoms with E-state index in [1.54, 1.807) is 0 Å². The molecule has 0 bridgehead atoms. The maximum atomic E-state index is 3.50. The lowest BCUT2D eigenvalue weighted by molar-refractivity contribution is 0.525. The number of rotatable bonds is 8. The van der Waals surface area contributed by atoms with Crippen molar-refractivity contribution < 1.29 is 0 Å². The highest BCUT2D eigenvalue weighted by Gasteiger charge is 2.00. The van der Waals surface area contributed by atoms with Gasteiger partial charge < -0.3 is 9.88 Å². The molecule has 0 aliphatic heterocycles. The molecule has 0 aliphatic carbocycles. The summed E-state index contributed by atoms with van der Waals surface area (Å²) in [4.78, 5) is 0. The second-order valence-electron chi connectivity index (χ2n) is 4.92. The van der Waals surface area contributed by atoms with Crippen LogP contribution in [0.5, 0.6) is 0 Å². The van der Waals surface area contributed by atoms with Gasteiger partial charge in [-0.3, -0.25) is 0 Å². The van der Waals surface area contributed by atoms with Gasteiger partial charge in [0, 0.05) is 25.0 Å². The van der Waals surface area contributed by atoms with Crippen LogP contribution in [0.2, 0.25) is 0 Å². The molecule has 1 rings (SSSR count). The number of unbranched alkanes of at least 4 members (excludes halogenated alkanes) is 2. The van der Waals surface area contributed by atoms with E-state index in [2.05, 4.69) is 49.0 Å². The van der Waals surface area contributed by atoms with Gasteiger partial charge in [0.15, 0.2) is 0 Å². The first-order chi connectivity index (χ1) is 7.74. The average Bonchev–Trinajstić information content (AvgIpc) is 2.66. The van der Waals surface area contributed by atoms with E-state index in [9.17, 15) is 0 Å². The van der Waals surface area contributed by atoms with Crippen LogP contribution in [-0.4, -0.2) is 11.1 Å². The minimum Gasteiger partial charge on any atom is -0.350 e. The zero-order valence-corrected chi connectivity index (χ0v) is 11.0. The molecule has 0 radical (unpaired) electrons. The molecule has 0 saturated heterocycles. The smallest absolute Gasteiger partial charge is 0.0359 e. The molecule has 1 heterocycles. The van der Waals surface area contributed by atoms with Crippen LogP contribution in [0, 0.1) is 5.92 Å². The van der Waals surface area contributed by atoms with Crippen molar-refractivity contribution in [3.05, 3.63) is 24.0 Å². The Balaban J connectivity index is 2.32. The van der Waals surface area contributed by atoms with E-state index in [-0.39, 0.29) is 0 Å². The fraction of sp³-hybridized carbons (Fsp3) is 0.714. The van der Waals surface area contributed by atoms with Gasteiger partial charge in [0.25, 0.3) is 0 Å².